The minimum atomic E-state index is -1.08. The van der Waals surface area contributed by atoms with Crippen molar-refractivity contribution in [3.05, 3.63) is 16.1 Å². The second-order valence-corrected chi connectivity index (χ2v) is 4.28. The lowest BCUT2D eigenvalue weighted by Gasteiger charge is -2.12. The minimum absolute atomic E-state index is 0.0121. The molecule has 0 aromatic carbocycles. The summed E-state index contributed by atoms with van der Waals surface area (Å²) in [4.78, 5) is 25.8. The normalized spacial score (nSPS) is 14.2. The van der Waals surface area contributed by atoms with E-state index in [0.29, 0.717) is 5.01 Å². The molecule has 1 amide bonds. The van der Waals surface area contributed by atoms with E-state index in [1.807, 2.05) is 0 Å². The van der Waals surface area contributed by atoms with E-state index in [-0.39, 0.29) is 17.6 Å². The Morgan fingerprint density at radius 3 is 2.62 bits per heavy atom. The summed E-state index contributed by atoms with van der Waals surface area (Å²) in [5.41, 5.74) is 5.38. The Morgan fingerprint density at radius 2 is 2.19 bits per heavy atom. The van der Waals surface area contributed by atoms with E-state index >= 15 is 0 Å². The SMILES string of the molecule is CC(NC(=O)[C@H](C)N)c1nc(C(=O)O)cs1. The molecule has 1 aromatic heterocycles. The van der Waals surface area contributed by atoms with Gasteiger partial charge in [0, 0.05) is 5.38 Å². The van der Waals surface area contributed by atoms with Crippen LogP contribution in [0.5, 0.6) is 0 Å². The molecule has 0 aliphatic rings. The Labute approximate surface area is 96.5 Å². The topological polar surface area (TPSA) is 105 Å². The van der Waals surface area contributed by atoms with Gasteiger partial charge >= 0.3 is 5.97 Å². The zero-order valence-electron chi connectivity index (χ0n) is 8.93. The van der Waals surface area contributed by atoms with Gasteiger partial charge in [0.05, 0.1) is 12.1 Å². The summed E-state index contributed by atoms with van der Waals surface area (Å²) in [6.07, 6.45) is 0. The number of carbonyl (C=O) groups is 2. The fourth-order valence-electron chi connectivity index (χ4n) is 0.991. The molecule has 0 radical (unpaired) electrons. The molecule has 0 aliphatic heterocycles. The molecule has 0 bridgehead atoms. The predicted octanol–water partition coefficient (Wildman–Crippen LogP) is 0.366. The highest BCUT2D eigenvalue weighted by Gasteiger charge is 2.17. The van der Waals surface area contributed by atoms with Crippen LogP contribution in [-0.4, -0.2) is 28.0 Å². The molecule has 1 aromatic rings. The Morgan fingerprint density at radius 1 is 1.56 bits per heavy atom. The molecule has 4 N–H and O–H groups in total. The first-order valence-corrected chi connectivity index (χ1v) is 5.54. The van der Waals surface area contributed by atoms with E-state index in [2.05, 4.69) is 10.3 Å². The van der Waals surface area contributed by atoms with Crippen LogP contribution in [0.4, 0.5) is 0 Å². The van der Waals surface area contributed by atoms with Crippen molar-refractivity contribution < 1.29 is 14.7 Å². The van der Waals surface area contributed by atoms with Gasteiger partial charge in [-0.2, -0.15) is 0 Å². The van der Waals surface area contributed by atoms with E-state index in [1.165, 1.54) is 16.7 Å². The predicted molar refractivity (Wildman–Crippen MR) is 59.3 cm³/mol. The summed E-state index contributed by atoms with van der Waals surface area (Å²) in [5, 5.41) is 13.3. The van der Waals surface area contributed by atoms with E-state index in [4.69, 9.17) is 10.8 Å². The van der Waals surface area contributed by atoms with Crippen molar-refractivity contribution in [2.45, 2.75) is 25.9 Å². The molecule has 0 saturated heterocycles. The first-order valence-electron chi connectivity index (χ1n) is 4.66. The molecule has 1 rings (SSSR count). The van der Waals surface area contributed by atoms with Crippen molar-refractivity contribution in [2.75, 3.05) is 0 Å². The van der Waals surface area contributed by atoms with Gasteiger partial charge < -0.3 is 16.2 Å². The van der Waals surface area contributed by atoms with Gasteiger partial charge in [0.2, 0.25) is 5.91 Å². The van der Waals surface area contributed by atoms with Crippen LogP contribution in [0, 0.1) is 0 Å². The maximum absolute atomic E-state index is 11.3. The number of aromatic nitrogens is 1. The summed E-state index contributed by atoms with van der Waals surface area (Å²) in [7, 11) is 0. The fraction of sp³-hybridized carbons (Fsp3) is 0.444. The van der Waals surface area contributed by atoms with Gasteiger partial charge in [-0.1, -0.05) is 0 Å². The van der Waals surface area contributed by atoms with Crippen LogP contribution >= 0.6 is 11.3 Å². The van der Waals surface area contributed by atoms with Crippen LogP contribution in [0.3, 0.4) is 0 Å². The van der Waals surface area contributed by atoms with Gasteiger partial charge in [-0.05, 0) is 13.8 Å². The summed E-state index contributed by atoms with van der Waals surface area (Å²) < 4.78 is 0. The number of hydrogen-bond donors (Lipinski definition) is 3. The lowest BCUT2D eigenvalue weighted by Crippen LogP contribution is -2.39. The third-order valence-electron chi connectivity index (χ3n) is 1.88. The lowest BCUT2D eigenvalue weighted by molar-refractivity contribution is -0.122. The van der Waals surface area contributed by atoms with Crippen molar-refractivity contribution >= 4 is 23.2 Å². The van der Waals surface area contributed by atoms with E-state index in [1.54, 1.807) is 13.8 Å². The monoisotopic (exact) mass is 243 g/mol. The van der Waals surface area contributed by atoms with Crippen LogP contribution in [0.25, 0.3) is 0 Å². The number of thiazole rings is 1. The lowest BCUT2D eigenvalue weighted by atomic mass is 10.3. The summed E-state index contributed by atoms with van der Waals surface area (Å²) in [6.45, 7) is 3.30. The average molecular weight is 243 g/mol. The molecule has 16 heavy (non-hydrogen) atoms. The smallest absolute Gasteiger partial charge is 0.355 e. The van der Waals surface area contributed by atoms with E-state index in [9.17, 15) is 9.59 Å². The number of nitrogens with two attached hydrogens (primary N) is 1. The first-order chi connectivity index (χ1) is 7.41. The summed E-state index contributed by atoms with van der Waals surface area (Å²) in [6, 6.07) is -0.932. The second kappa shape index (κ2) is 5.04. The molecule has 88 valence electrons. The number of carboxylic acid groups (broad SMARTS) is 1. The van der Waals surface area contributed by atoms with Gasteiger partial charge in [-0.15, -0.1) is 11.3 Å². The van der Waals surface area contributed by atoms with Crippen LogP contribution in [0.1, 0.15) is 35.4 Å². The van der Waals surface area contributed by atoms with Crippen LogP contribution in [0.2, 0.25) is 0 Å². The number of carbonyl (C=O) groups excluding carboxylic acids is 1. The number of rotatable bonds is 4. The molecule has 0 spiro atoms. The Kier molecular flexibility index (Phi) is 3.97. The Balaban J connectivity index is 2.69. The van der Waals surface area contributed by atoms with Crippen LogP contribution in [0.15, 0.2) is 5.38 Å². The van der Waals surface area contributed by atoms with Gasteiger partial charge in [0.15, 0.2) is 5.69 Å². The molecule has 1 unspecified atom stereocenters. The number of amides is 1. The standard InChI is InChI=1S/C9H13N3O3S/c1-4(10)7(13)11-5(2)8-12-6(3-16-8)9(14)15/h3-5H,10H2,1-2H3,(H,11,13)(H,14,15)/t4-,5?/m0/s1. The number of nitrogens with one attached hydrogen (secondary N) is 1. The summed E-state index contributed by atoms with van der Waals surface area (Å²) in [5.74, 6) is -1.37. The van der Waals surface area contributed by atoms with Crippen molar-refractivity contribution in [1.29, 1.82) is 0 Å². The highest BCUT2D eigenvalue weighted by Crippen LogP contribution is 2.17. The zero-order chi connectivity index (χ0) is 12.3. The largest absolute Gasteiger partial charge is 0.476 e. The minimum Gasteiger partial charge on any atom is -0.476 e. The number of aromatic carboxylic acids is 1. The van der Waals surface area contributed by atoms with Crippen molar-refractivity contribution in [1.82, 2.24) is 10.3 Å². The second-order valence-electron chi connectivity index (χ2n) is 3.40. The molecule has 0 saturated carbocycles. The maximum Gasteiger partial charge on any atom is 0.355 e. The molecule has 0 fully saturated rings. The average Bonchev–Trinajstić information content (AvgIpc) is 2.65. The third-order valence-corrected chi connectivity index (χ3v) is 2.91. The van der Waals surface area contributed by atoms with Crippen molar-refractivity contribution in [3.8, 4) is 0 Å². The van der Waals surface area contributed by atoms with Gasteiger partial charge in [0.1, 0.15) is 5.01 Å². The highest BCUT2D eigenvalue weighted by atomic mass is 32.1. The number of hydrogen-bond acceptors (Lipinski definition) is 5. The molecule has 1 heterocycles. The van der Waals surface area contributed by atoms with Gasteiger partial charge in [-0.25, -0.2) is 9.78 Å². The quantitative estimate of drug-likeness (QED) is 0.708. The fourth-order valence-corrected chi connectivity index (χ4v) is 1.79. The first kappa shape index (κ1) is 12.6. The van der Waals surface area contributed by atoms with Crippen LogP contribution in [-0.2, 0) is 4.79 Å². The molecule has 2 atom stereocenters. The third kappa shape index (κ3) is 3.01. The zero-order valence-corrected chi connectivity index (χ0v) is 9.75. The number of nitrogens with zero attached hydrogens (tertiary/aromatic N) is 1. The summed E-state index contributed by atoms with van der Waals surface area (Å²) >= 11 is 1.19. The Bertz CT molecular complexity index is 402. The van der Waals surface area contributed by atoms with Gasteiger partial charge in [-0.3, -0.25) is 4.79 Å². The van der Waals surface area contributed by atoms with Crippen LogP contribution < -0.4 is 11.1 Å². The maximum atomic E-state index is 11.3. The van der Waals surface area contributed by atoms with E-state index in [0.717, 1.165) is 0 Å². The van der Waals surface area contributed by atoms with Crippen molar-refractivity contribution in [3.63, 3.8) is 0 Å². The van der Waals surface area contributed by atoms with Gasteiger partial charge in [0.25, 0.3) is 0 Å². The molecule has 7 heteroatoms. The molecular weight excluding hydrogens is 230 g/mol. The highest BCUT2D eigenvalue weighted by molar-refractivity contribution is 7.09. The van der Waals surface area contributed by atoms with Crippen molar-refractivity contribution in [2.24, 2.45) is 5.73 Å². The number of carboxylic acids is 1. The Hall–Kier alpha value is -1.47. The molecular formula is C9H13N3O3S. The van der Waals surface area contributed by atoms with E-state index < -0.39 is 12.0 Å². The molecule has 6 nitrogen and oxygen atoms in total. The molecule has 0 aliphatic carbocycles.